The van der Waals surface area contributed by atoms with Crippen molar-refractivity contribution in [2.45, 2.75) is 64.1 Å². The van der Waals surface area contributed by atoms with Crippen molar-refractivity contribution < 1.29 is 19.1 Å². The highest BCUT2D eigenvalue weighted by Gasteiger charge is 2.35. The molecule has 1 aliphatic rings. The first kappa shape index (κ1) is 16.8. The number of nitrogens with two attached hydrogens (primary N) is 1. The van der Waals surface area contributed by atoms with Gasteiger partial charge in [-0.2, -0.15) is 0 Å². The fourth-order valence-corrected chi connectivity index (χ4v) is 2.36. The molecule has 0 aromatic rings. The van der Waals surface area contributed by atoms with E-state index in [4.69, 9.17) is 10.5 Å². The first-order chi connectivity index (χ1) is 9.24. The Balaban J connectivity index is 2.55. The third-order valence-corrected chi connectivity index (χ3v) is 3.33. The van der Waals surface area contributed by atoms with Gasteiger partial charge >= 0.3 is 12.1 Å². The zero-order chi connectivity index (χ0) is 15.3. The van der Waals surface area contributed by atoms with Gasteiger partial charge in [-0.05, 0) is 40.0 Å². The minimum absolute atomic E-state index is 0.0606. The van der Waals surface area contributed by atoms with Crippen molar-refractivity contribution in [2.24, 2.45) is 5.73 Å². The molecule has 0 radical (unpaired) electrons. The third kappa shape index (κ3) is 5.00. The SMILES string of the molecule is COC(=O)CCC(N)C1CCCN1C(=O)OC(C)(C)C. The first-order valence-corrected chi connectivity index (χ1v) is 7.06. The molecule has 116 valence electrons. The molecule has 0 aliphatic carbocycles. The molecule has 1 rings (SSSR count). The van der Waals surface area contributed by atoms with Crippen molar-refractivity contribution in [1.82, 2.24) is 4.90 Å². The second-order valence-electron chi connectivity index (χ2n) is 6.16. The lowest BCUT2D eigenvalue weighted by Gasteiger charge is -2.31. The van der Waals surface area contributed by atoms with Gasteiger partial charge in [-0.1, -0.05) is 0 Å². The number of ether oxygens (including phenoxy) is 2. The lowest BCUT2D eigenvalue weighted by Crippen LogP contribution is -2.48. The van der Waals surface area contributed by atoms with Crippen LogP contribution in [0.25, 0.3) is 0 Å². The Bertz CT molecular complexity index is 352. The van der Waals surface area contributed by atoms with Gasteiger partial charge in [0.05, 0.1) is 13.2 Å². The summed E-state index contributed by atoms with van der Waals surface area (Å²) in [5.41, 5.74) is 5.60. The normalized spacial score (nSPS) is 20.6. The van der Waals surface area contributed by atoms with Crippen LogP contribution in [-0.2, 0) is 14.3 Å². The van der Waals surface area contributed by atoms with E-state index in [1.807, 2.05) is 20.8 Å². The van der Waals surface area contributed by atoms with E-state index >= 15 is 0 Å². The number of nitrogens with zero attached hydrogens (tertiary/aromatic N) is 1. The predicted octanol–water partition coefficient (Wildman–Crippen LogP) is 1.67. The van der Waals surface area contributed by atoms with Crippen LogP contribution in [-0.4, -0.2) is 48.3 Å². The molecule has 2 N–H and O–H groups in total. The lowest BCUT2D eigenvalue weighted by molar-refractivity contribution is -0.140. The van der Waals surface area contributed by atoms with Crippen molar-refractivity contribution in [3.8, 4) is 0 Å². The van der Waals surface area contributed by atoms with Crippen LogP contribution in [0.1, 0.15) is 46.5 Å². The maximum Gasteiger partial charge on any atom is 0.410 e. The summed E-state index contributed by atoms with van der Waals surface area (Å²) in [4.78, 5) is 25.0. The first-order valence-electron chi connectivity index (χ1n) is 7.06. The second kappa shape index (κ2) is 6.92. The van der Waals surface area contributed by atoms with E-state index in [0.29, 0.717) is 13.0 Å². The lowest BCUT2D eigenvalue weighted by atomic mass is 10.0. The summed E-state index contributed by atoms with van der Waals surface area (Å²) in [6, 6.07) is -0.293. The minimum Gasteiger partial charge on any atom is -0.469 e. The van der Waals surface area contributed by atoms with Crippen molar-refractivity contribution in [3.05, 3.63) is 0 Å². The van der Waals surface area contributed by atoms with Gasteiger partial charge in [0.2, 0.25) is 0 Å². The Labute approximate surface area is 120 Å². The molecule has 6 heteroatoms. The number of likely N-dealkylation sites (tertiary alicyclic amines) is 1. The molecular weight excluding hydrogens is 260 g/mol. The summed E-state index contributed by atoms with van der Waals surface area (Å²) in [5.74, 6) is -0.276. The molecule has 1 saturated heterocycles. The molecule has 0 saturated carbocycles. The molecule has 20 heavy (non-hydrogen) atoms. The van der Waals surface area contributed by atoms with Gasteiger partial charge < -0.3 is 20.1 Å². The highest BCUT2D eigenvalue weighted by atomic mass is 16.6. The van der Waals surface area contributed by atoms with E-state index in [-0.39, 0.29) is 30.6 Å². The molecule has 0 spiro atoms. The van der Waals surface area contributed by atoms with Crippen LogP contribution in [0.4, 0.5) is 4.79 Å². The Hall–Kier alpha value is -1.30. The van der Waals surface area contributed by atoms with Crippen LogP contribution in [0.3, 0.4) is 0 Å². The van der Waals surface area contributed by atoms with Crippen LogP contribution in [0.15, 0.2) is 0 Å². The Morgan fingerprint density at radius 3 is 2.60 bits per heavy atom. The second-order valence-corrected chi connectivity index (χ2v) is 6.16. The molecule has 1 fully saturated rings. The Morgan fingerprint density at radius 2 is 2.05 bits per heavy atom. The molecular formula is C14H26N2O4. The van der Waals surface area contributed by atoms with Gasteiger partial charge in [-0.15, -0.1) is 0 Å². The van der Waals surface area contributed by atoms with Crippen LogP contribution in [0.5, 0.6) is 0 Å². The summed E-state index contributed by atoms with van der Waals surface area (Å²) < 4.78 is 9.99. The van der Waals surface area contributed by atoms with Crippen molar-refractivity contribution >= 4 is 12.1 Å². The molecule has 1 aliphatic heterocycles. The van der Waals surface area contributed by atoms with Crippen LogP contribution >= 0.6 is 0 Å². The fraction of sp³-hybridized carbons (Fsp3) is 0.857. The quantitative estimate of drug-likeness (QED) is 0.795. The van der Waals surface area contributed by atoms with E-state index in [1.54, 1.807) is 4.90 Å². The van der Waals surface area contributed by atoms with E-state index in [1.165, 1.54) is 7.11 Å². The maximum absolute atomic E-state index is 12.1. The molecule has 1 amide bonds. The van der Waals surface area contributed by atoms with Gasteiger partial charge in [-0.3, -0.25) is 4.79 Å². The van der Waals surface area contributed by atoms with Crippen LogP contribution in [0, 0.1) is 0 Å². The van der Waals surface area contributed by atoms with E-state index < -0.39 is 5.60 Å². The highest BCUT2D eigenvalue weighted by molar-refractivity contribution is 5.70. The van der Waals surface area contributed by atoms with Crippen molar-refractivity contribution in [1.29, 1.82) is 0 Å². The molecule has 2 atom stereocenters. The average molecular weight is 286 g/mol. The van der Waals surface area contributed by atoms with Gasteiger partial charge in [0.1, 0.15) is 5.60 Å². The Morgan fingerprint density at radius 1 is 1.40 bits per heavy atom. The number of carbonyl (C=O) groups is 2. The number of esters is 1. The van der Waals surface area contributed by atoms with E-state index in [2.05, 4.69) is 4.74 Å². The minimum atomic E-state index is -0.514. The zero-order valence-corrected chi connectivity index (χ0v) is 12.8. The molecule has 0 bridgehead atoms. The van der Waals surface area contributed by atoms with Crippen molar-refractivity contribution in [3.63, 3.8) is 0 Å². The largest absolute Gasteiger partial charge is 0.469 e. The molecule has 6 nitrogen and oxygen atoms in total. The van der Waals surface area contributed by atoms with Gasteiger partial charge in [0, 0.05) is 19.0 Å². The monoisotopic (exact) mass is 286 g/mol. The predicted molar refractivity (Wildman–Crippen MR) is 75.2 cm³/mol. The van der Waals surface area contributed by atoms with Crippen LogP contribution < -0.4 is 5.73 Å². The third-order valence-electron chi connectivity index (χ3n) is 3.33. The maximum atomic E-state index is 12.1. The number of hydrogen-bond acceptors (Lipinski definition) is 5. The molecule has 2 unspecified atom stereocenters. The number of rotatable bonds is 4. The van der Waals surface area contributed by atoms with Crippen LogP contribution in [0.2, 0.25) is 0 Å². The van der Waals surface area contributed by atoms with E-state index in [0.717, 1.165) is 12.8 Å². The van der Waals surface area contributed by atoms with Gasteiger partial charge in [-0.25, -0.2) is 4.79 Å². The Kier molecular flexibility index (Phi) is 5.80. The number of amides is 1. The zero-order valence-electron chi connectivity index (χ0n) is 12.8. The molecule has 1 heterocycles. The standard InChI is InChI=1S/C14H26N2O4/c1-14(2,3)20-13(18)16-9-5-6-11(16)10(15)7-8-12(17)19-4/h10-11H,5-9,15H2,1-4H3. The summed E-state index contributed by atoms with van der Waals surface area (Å²) in [6.45, 7) is 6.18. The number of hydrogen-bond donors (Lipinski definition) is 1. The van der Waals surface area contributed by atoms with Gasteiger partial charge in [0.15, 0.2) is 0 Å². The summed E-state index contributed by atoms with van der Waals surface area (Å²) in [7, 11) is 1.36. The van der Waals surface area contributed by atoms with E-state index in [9.17, 15) is 9.59 Å². The van der Waals surface area contributed by atoms with Crippen molar-refractivity contribution in [2.75, 3.05) is 13.7 Å². The highest BCUT2D eigenvalue weighted by Crippen LogP contribution is 2.24. The summed E-state index contributed by atoms with van der Waals surface area (Å²) in [6.07, 6.45) is 2.22. The number of methoxy groups -OCH3 is 1. The summed E-state index contributed by atoms with van der Waals surface area (Å²) in [5, 5.41) is 0. The summed E-state index contributed by atoms with van der Waals surface area (Å²) >= 11 is 0. The smallest absolute Gasteiger partial charge is 0.410 e. The average Bonchev–Trinajstić information content (AvgIpc) is 2.82. The topological polar surface area (TPSA) is 81.9 Å². The number of carbonyl (C=O) groups excluding carboxylic acids is 2. The molecule has 0 aromatic carbocycles. The fourth-order valence-electron chi connectivity index (χ4n) is 2.36. The van der Waals surface area contributed by atoms with Gasteiger partial charge in [0.25, 0.3) is 0 Å². The molecule has 0 aromatic heterocycles.